The van der Waals surface area contributed by atoms with Crippen molar-refractivity contribution in [1.29, 1.82) is 0 Å². The van der Waals surface area contributed by atoms with Gasteiger partial charge in [-0.2, -0.15) is 4.57 Å². The highest BCUT2D eigenvalue weighted by Crippen LogP contribution is 2.11. The van der Waals surface area contributed by atoms with Crippen LogP contribution in [0, 0.1) is 6.92 Å². The van der Waals surface area contributed by atoms with Gasteiger partial charge in [0.25, 0.3) is 0 Å². The van der Waals surface area contributed by atoms with E-state index in [2.05, 4.69) is 23.8 Å². The van der Waals surface area contributed by atoms with Gasteiger partial charge in [0, 0.05) is 18.5 Å². The number of thiazole rings is 1. The molecule has 0 unspecified atom stereocenters. The summed E-state index contributed by atoms with van der Waals surface area (Å²) < 4.78 is 41.9. The van der Waals surface area contributed by atoms with E-state index in [1.165, 1.54) is 5.69 Å². The average Bonchev–Trinajstić information content (AvgIpc) is 2.27. The number of hydrogen-bond acceptors (Lipinski definition) is 1. The Kier molecular flexibility index (Phi) is 5.44. The summed E-state index contributed by atoms with van der Waals surface area (Å²) in [5, 5.41) is 2.06. The molecule has 0 fully saturated rings. The lowest BCUT2D eigenvalue weighted by Crippen LogP contribution is -2.33. The van der Waals surface area contributed by atoms with Crippen LogP contribution in [0.3, 0.4) is 0 Å². The Morgan fingerprint density at radius 1 is 1.43 bits per heavy atom. The second kappa shape index (κ2) is 5.55. The summed E-state index contributed by atoms with van der Waals surface area (Å²) in [4.78, 5) is 0. The summed E-state index contributed by atoms with van der Waals surface area (Å²) in [6.07, 6.45) is 0. The fourth-order valence-corrected chi connectivity index (χ4v) is 1.96. The molecule has 0 atom stereocenters. The molecule has 0 bridgehead atoms. The summed E-state index contributed by atoms with van der Waals surface area (Å²) in [6.45, 7) is 5.12. The maximum absolute atomic E-state index is 9.75. The highest BCUT2D eigenvalue weighted by Gasteiger charge is 2.20. The van der Waals surface area contributed by atoms with Gasteiger partial charge in [-0.1, -0.05) is 11.3 Å². The number of aryl methyl sites for hydroxylation is 1. The monoisotopic (exact) mass is 249 g/mol. The van der Waals surface area contributed by atoms with Gasteiger partial charge in [0.1, 0.15) is 6.54 Å². The Balaban J connectivity index is 0.000000292. The summed E-state index contributed by atoms with van der Waals surface area (Å²) >= 11 is 7.41. The molecule has 1 heterocycles. The van der Waals surface area contributed by atoms with E-state index in [1.807, 2.05) is 0 Å². The molecule has 14 heavy (non-hydrogen) atoms. The van der Waals surface area contributed by atoms with Gasteiger partial charge >= 0.3 is 11.7 Å². The number of halogens is 5. The van der Waals surface area contributed by atoms with Crippen LogP contribution < -0.4 is 4.57 Å². The quantitative estimate of drug-likeness (QED) is 0.408. The summed E-state index contributed by atoms with van der Waals surface area (Å²) in [5.41, 5.74) is 1.24. The molecule has 0 aromatic carbocycles. The number of aromatic nitrogens is 1. The lowest BCUT2D eigenvalue weighted by molar-refractivity contribution is -0.692. The van der Waals surface area contributed by atoms with Crippen LogP contribution in [-0.4, -0.2) is 7.25 Å². The molecule has 0 aliphatic rings. The van der Waals surface area contributed by atoms with Gasteiger partial charge in [0.05, 0.1) is 5.38 Å². The zero-order valence-electron chi connectivity index (χ0n) is 7.61. The third kappa shape index (κ3) is 6.20. The van der Waals surface area contributed by atoms with E-state index in [4.69, 9.17) is 11.6 Å². The molecule has 1 aromatic rings. The molecule has 1 rings (SSSR count). The lowest BCUT2D eigenvalue weighted by Gasteiger charge is -1.94. The molecule has 0 saturated heterocycles. The van der Waals surface area contributed by atoms with Gasteiger partial charge < -0.3 is 17.3 Å². The molecule has 0 radical (unpaired) electrons. The van der Waals surface area contributed by atoms with Crippen LogP contribution in [-0.2, 0) is 6.54 Å². The summed E-state index contributed by atoms with van der Waals surface area (Å²) in [7, 11) is -6.00. The minimum Gasteiger partial charge on any atom is -0.418 e. The molecule has 1 aromatic heterocycles. The molecule has 82 valence electrons. The zero-order chi connectivity index (χ0) is 11.4. The van der Waals surface area contributed by atoms with Crippen LogP contribution >= 0.6 is 22.9 Å². The van der Waals surface area contributed by atoms with Crippen LogP contribution in [0.5, 0.6) is 0 Å². The Labute approximate surface area is 88.4 Å². The van der Waals surface area contributed by atoms with Gasteiger partial charge in [-0.25, -0.2) is 0 Å². The first-order valence-corrected chi connectivity index (χ1v) is 5.02. The minimum atomic E-state index is -6.00. The van der Waals surface area contributed by atoms with Crippen molar-refractivity contribution >= 4 is 30.2 Å². The number of nitrogens with zero attached hydrogens (tertiary/aromatic N) is 1. The van der Waals surface area contributed by atoms with Gasteiger partial charge in [0.2, 0.25) is 0 Å². The van der Waals surface area contributed by atoms with E-state index in [0.717, 1.165) is 11.0 Å². The fraction of sp³-hybridized carbons (Fsp3) is 0.500. The zero-order valence-corrected chi connectivity index (χ0v) is 9.18. The highest BCUT2D eigenvalue weighted by molar-refractivity contribution is 7.13. The van der Waals surface area contributed by atoms with Crippen LogP contribution in [0.1, 0.15) is 12.6 Å². The van der Waals surface area contributed by atoms with E-state index in [1.54, 1.807) is 11.3 Å². The predicted molar refractivity (Wildman–Crippen MR) is 50.1 cm³/mol. The van der Waals surface area contributed by atoms with Gasteiger partial charge in [-0.15, -0.1) is 0 Å². The smallest absolute Gasteiger partial charge is 0.418 e. The SMILES string of the molecule is CC[n+]1c(C)csc1Cl.F[B-](F)(F)F. The fourth-order valence-electron chi connectivity index (χ4n) is 0.774. The first-order chi connectivity index (χ1) is 6.25. The third-order valence-corrected chi connectivity index (χ3v) is 2.63. The second-order valence-electron chi connectivity index (χ2n) is 2.37. The first-order valence-electron chi connectivity index (χ1n) is 3.76. The topological polar surface area (TPSA) is 3.88 Å². The van der Waals surface area contributed by atoms with E-state index in [-0.39, 0.29) is 0 Å². The van der Waals surface area contributed by atoms with Crippen LogP contribution in [0.25, 0.3) is 0 Å². The van der Waals surface area contributed by atoms with Crippen LogP contribution in [0.15, 0.2) is 5.38 Å². The van der Waals surface area contributed by atoms with E-state index in [9.17, 15) is 17.3 Å². The van der Waals surface area contributed by atoms with E-state index >= 15 is 0 Å². The molecule has 1 nitrogen and oxygen atoms in total. The maximum atomic E-state index is 9.75. The minimum absolute atomic E-state index is 0.870. The van der Waals surface area contributed by atoms with Gasteiger partial charge in [-0.05, 0) is 6.92 Å². The van der Waals surface area contributed by atoms with Crippen molar-refractivity contribution in [2.24, 2.45) is 0 Å². The normalized spacial score (nSPS) is 10.8. The molecular weight excluding hydrogens is 240 g/mol. The van der Waals surface area contributed by atoms with Crippen molar-refractivity contribution < 1.29 is 21.8 Å². The molecule has 0 amide bonds. The Morgan fingerprint density at radius 3 is 2.00 bits per heavy atom. The summed E-state index contributed by atoms with van der Waals surface area (Å²) in [5.74, 6) is 0. The highest BCUT2D eigenvalue weighted by atomic mass is 35.5. The van der Waals surface area contributed by atoms with Crippen molar-refractivity contribution in [3.63, 3.8) is 0 Å². The van der Waals surface area contributed by atoms with Crippen molar-refractivity contribution in [1.82, 2.24) is 0 Å². The average molecular weight is 249 g/mol. The molecule has 0 N–H and O–H groups in total. The second-order valence-corrected chi connectivity index (χ2v) is 3.81. The maximum Gasteiger partial charge on any atom is 0.673 e. The number of rotatable bonds is 1. The Bertz CT molecular complexity index is 262. The van der Waals surface area contributed by atoms with Gasteiger partial charge in [-0.3, -0.25) is 0 Å². The van der Waals surface area contributed by atoms with Gasteiger partial charge in [0.15, 0.2) is 5.69 Å². The molecule has 0 aliphatic heterocycles. The number of hydrogen-bond donors (Lipinski definition) is 0. The van der Waals surface area contributed by atoms with Crippen molar-refractivity contribution in [2.75, 3.05) is 0 Å². The summed E-state index contributed by atoms with van der Waals surface area (Å²) in [6, 6.07) is 0. The molecule has 0 aliphatic carbocycles. The molecule has 8 heteroatoms. The largest absolute Gasteiger partial charge is 0.673 e. The molecular formula is C6H9BClF4NS. The van der Waals surface area contributed by atoms with E-state index in [0.29, 0.717) is 0 Å². The third-order valence-electron chi connectivity index (χ3n) is 1.28. The predicted octanol–water partition coefficient (Wildman–Crippen LogP) is 3.32. The Hall–Kier alpha value is -0.295. The first kappa shape index (κ1) is 13.7. The lowest BCUT2D eigenvalue weighted by atomic mass is 10.3. The molecule has 0 spiro atoms. The van der Waals surface area contributed by atoms with Crippen molar-refractivity contribution in [2.45, 2.75) is 20.4 Å². The van der Waals surface area contributed by atoms with Crippen molar-refractivity contribution in [3.8, 4) is 0 Å². The van der Waals surface area contributed by atoms with E-state index < -0.39 is 7.25 Å². The van der Waals surface area contributed by atoms with Crippen molar-refractivity contribution in [3.05, 3.63) is 15.5 Å². The van der Waals surface area contributed by atoms with Crippen LogP contribution in [0.4, 0.5) is 17.3 Å². The molecule has 0 saturated carbocycles. The Morgan fingerprint density at radius 2 is 1.86 bits per heavy atom. The van der Waals surface area contributed by atoms with Crippen LogP contribution in [0.2, 0.25) is 4.47 Å². The standard InChI is InChI=1S/C6H9ClNS.BF4/c1-3-8-5(2)4-9-6(8)7;2-1(3,4)5/h4H,3H2,1-2H3;/q+1;-1.